The Balaban J connectivity index is 1.78. The first-order valence-corrected chi connectivity index (χ1v) is 7.29. The maximum absolute atomic E-state index is 9.90. The molecule has 0 aliphatic carbocycles. The Morgan fingerprint density at radius 2 is 2.10 bits per heavy atom. The van der Waals surface area contributed by atoms with Crippen LogP contribution in [0.5, 0.6) is 5.75 Å². The minimum Gasteiger partial charge on any atom is -0.477 e. The van der Waals surface area contributed by atoms with E-state index in [4.69, 9.17) is 9.15 Å². The smallest absolute Gasteiger partial charge is 0.192 e. The molecule has 0 saturated carbocycles. The second-order valence-corrected chi connectivity index (χ2v) is 5.86. The van der Waals surface area contributed by atoms with Gasteiger partial charge in [-0.2, -0.15) is 0 Å². The zero-order valence-electron chi connectivity index (χ0n) is 10.8. The Morgan fingerprint density at radius 1 is 1.30 bits per heavy atom. The van der Waals surface area contributed by atoms with Crippen molar-refractivity contribution >= 4 is 22.9 Å². The number of ether oxygens (including phenoxy) is 1. The average Bonchev–Trinajstić information content (AvgIpc) is 2.79. The molecule has 2 aromatic rings. The third kappa shape index (κ3) is 2.49. The molecule has 1 aliphatic heterocycles. The lowest BCUT2D eigenvalue weighted by Gasteiger charge is -2.34. The maximum Gasteiger partial charge on any atom is 0.192 e. The van der Waals surface area contributed by atoms with Crippen molar-refractivity contribution in [2.24, 2.45) is 0 Å². The summed E-state index contributed by atoms with van der Waals surface area (Å²) >= 11 is 1.26. The van der Waals surface area contributed by atoms with Crippen LogP contribution < -0.4 is 4.74 Å². The highest BCUT2D eigenvalue weighted by Gasteiger charge is 2.38. The number of rotatable bonds is 2. The zero-order valence-corrected chi connectivity index (χ0v) is 11.6. The van der Waals surface area contributed by atoms with Crippen molar-refractivity contribution in [2.75, 3.05) is 5.75 Å². The van der Waals surface area contributed by atoms with Crippen molar-refractivity contribution in [3.8, 4) is 5.75 Å². The normalized spacial score (nSPS) is 30.6. The fourth-order valence-corrected chi connectivity index (χ4v) is 3.23. The SMILES string of the molecule is Cc1nc2cc(O[C@@H]3SC[C@@H](O)[C@H](O)[C@H]3O)ccc2o1. The van der Waals surface area contributed by atoms with Crippen LogP contribution in [0.25, 0.3) is 11.1 Å². The minimum atomic E-state index is -1.20. The van der Waals surface area contributed by atoms with E-state index in [2.05, 4.69) is 4.98 Å². The molecule has 1 aliphatic rings. The fraction of sp³-hybridized carbons (Fsp3) is 0.462. The highest BCUT2D eigenvalue weighted by molar-refractivity contribution is 7.99. The van der Waals surface area contributed by atoms with Crippen LogP contribution in [0.1, 0.15) is 5.89 Å². The molecular formula is C13H15NO5S. The number of aromatic nitrogens is 1. The Kier molecular flexibility index (Phi) is 3.59. The number of aliphatic hydroxyl groups is 3. The summed E-state index contributed by atoms with van der Waals surface area (Å²) in [5, 5.41) is 29.0. The lowest BCUT2D eigenvalue weighted by atomic mass is 10.1. The molecule has 0 unspecified atom stereocenters. The molecule has 1 aromatic heterocycles. The number of benzene rings is 1. The highest BCUT2D eigenvalue weighted by Crippen LogP contribution is 2.30. The fourth-order valence-electron chi connectivity index (χ4n) is 2.11. The van der Waals surface area contributed by atoms with Gasteiger partial charge in [-0.15, -0.1) is 11.8 Å². The summed E-state index contributed by atoms with van der Waals surface area (Å²) < 4.78 is 11.0. The van der Waals surface area contributed by atoms with Gasteiger partial charge in [0.2, 0.25) is 0 Å². The van der Waals surface area contributed by atoms with E-state index in [1.807, 2.05) is 0 Å². The van der Waals surface area contributed by atoms with Crippen molar-refractivity contribution in [3.05, 3.63) is 24.1 Å². The first-order valence-electron chi connectivity index (χ1n) is 6.24. The van der Waals surface area contributed by atoms with E-state index in [0.717, 1.165) is 0 Å². The molecule has 0 spiro atoms. The van der Waals surface area contributed by atoms with Gasteiger partial charge in [0.1, 0.15) is 23.5 Å². The van der Waals surface area contributed by atoms with Gasteiger partial charge >= 0.3 is 0 Å². The summed E-state index contributed by atoms with van der Waals surface area (Å²) in [4.78, 5) is 4.21. The zero-order chi connectivity index (χ0) is 14.3. The van der Waals surface area contributed by atoms with Gasteiger partial charge < -0.3 is 24.5 Å². The van der Waals surface area contributed by atoms with E-state index in [-0.39, 0.29) is 0 Å². The van der Waals surface area contributed by atoms with Crippen molar-refractivity contribution in [1.82, 2.24) is 4.98 Å². The van der Waals surface area contributed by atoms with Gasteiger partial charge in [0, 0.05) is 18.7 Å². The van der Waals surface area contributed by atoms with E-state index in [1.165, 1.54) is 11.8 Å². The van der Waals surface area contributed by atoms with Crippen LogP contribution in [-0.4, -0.2) is 49.8 Å². The number of hydrogen-bond acceptors (Lipinski definition) is 7. The Morgan fingerprint density at radius 3 is 2.90 bits per heavy atom. The van der Waals surface area contributed by atoms with Gasteiger partial charge in [-0.05, 0) is 12.1 Å². The molecule has 2 heterocycles. The predicted molar refractivity (Wildman–Crippen MR) is 73.6 cm³/mol. The van der Waals surface area contributed by atoms with Crippen molar-refractivity contribution in [3.63, 3.8) is 0 Å². The van der Waals surface area contributed by atoms with Crippen LogP contribution >= 0.6 is 11.8 Å². The quantitative estimate of drug-likeness (QED) is 0.749. The first-order chi connectivity index (χ1) is 9.54. The van der Waals surface area contributed by atoms with Crippen LogP contribution in [0.3, 0.4) is 0 Å². The second-order valence-electron chi connectivity index (χ2n) is 4.73. The topological polar surface area (TPSA) is 96.0 Å². The molecule has 0 bridgehead atoms. The van der Waals surface area contributed by atoms with Gasteiger partial charge in [-0.1, -0.05) is 0 Å². The van der Waals surface area contributed by atoms with Crippen molar-refractivity contribution in [1.29, 1.82) is 0 Å². The molecule has 20 heavy (non-hydrogen) atoms. The van der Waals surface area contributed by atoms with Crippen LogP contribution in [-0.2, 0) is 0 Å². The van der Waals surface area contributed by atoms with E-state index >= 15 is 0 Å². The van der Waals surface area contributed by atoms with Gasteiger partial charge in [-0.25, -0.2) is 4.98 Å². The van der Waals surface area contributed by atoms with Gasteiger partial charge in [0.25, 0.3) is 0 Å². The molecule has 0 amide bonds. The molecule has 1 fully saturated rings. The second kappa shape index (κ2) is 5.25. The Hall–Kier alpha value is -1.28. The lowest BCUT2D eigenvalue weighted by molar-refractivity contribution is -0.0785. The van der Waals surface area contributed by atoms with E-state index in [0.29, 0.717) is 28.5 Å². The third-order valence-corrected chi connectivity index (χ3v) is 4.41. The van der Waals surface area contributed by atoms with Crippen LogP contribution in [0, 0.1) is 6.92 Å². The van der Waals surface area contributed by atoms with Crippen LogP contribution in [0.2, 0.25) is 0 Å². The molecule has 7 heteroatoms. The number of oxazole rings is 1. The van der Waals surface area contributed by atoms with E-state index < -0.39 is 23.7 Å². The summed E-state index contributed by atoms with van der Waals surface area (Å²) in [5.41, 5.74) is 0.719. The molecule has 1 saturated heterocycles. The average molecular weight is 297 g/mol. The summed E-state index contributed by atoms with van der Waals surface area (Å²) in [6.07, 6.45) is -3.27. The number of thioether (sulfide) groups is 1. The number of hydrogen-bond donors (Lipinski definition) is 3. The number of aryl methyl sites for hydroxylation is 1. The number of aliphatic hydroxyl groups excluding tert-OH is 3. The van der Waals surface area contributed by atoms with Gasteiger partial charge in [0.15, 0.2) is 16.9 Å². The van der Waals surface area contributed by atoms with Crippen LogP contribution in [0.4, 0.5) is 0 Å². The van der Waals surface area contributed by atoms with E-state index in [9.17, 15) is 15.3 Å². The van der Waals surface area contributed by atoms with Crippen molar-refractivity contribution < 1.29 is 24.5 Å². The monoisotopic (exact) mass is 297 g/mol. The predicted octanol–water partition coefficient (Wildman–Crippen LogP) is 0.671. The summed E-state index contributed by atoms with van der Waals surface area (Å²) in [7, 11) is 0. The maximum atomic E-state index is 9.90. The minimum absolute atomic E-state index is 0.314. The molecule has 4 atom stereocenters. The third-order valence-electron chi connectivity index (χ3n) is 3.17. The van der Waals surface area contributed by atoms with Crippen molar-refractivity contribution in [2.45, 2.75) is 30.7 Å². The largest absolute Gasteiger partial charge is 0.477 e. The lowest BCUT2D eigenvalue weighted by Crippen LogP contribution is -2.50. The van der Waals surface area contributed by atoms with Gasteiger partial charge in [0.05, 0.1) is 6.10 Å². The molecule has 1 aromatic carbocycles. The highest BCUT2D eigenvalue weighted by atomic mass is 32.2. The summed E-state index contributed by atoms with van der Waals surface area (Å²) in [5.74, 6) is 1.42. The number of nitrogens with zero attached hydrogens (tertiary/aromatic N) is 1. The molecule has 3 N–H and O–H groups in total. The molecule has 3 rings (SSSR count). The standard InChI is InChI=1S/C13H15NO5S/c1-6-14-8-4-7(2-3-10(8)18-6)19-13-12(17)11(16)9(15)5-20-13/h2-4,9,11-13,15-17H,5H2,1H3/t9-,11+,12-,13-/m1/s1. The molecule has 6 nitrogen and oxygen atoms in total. The Bertz CT molecular complexity index is 616. The molecule has 0 radical (unpaired) electrons. The van der Waals surface area contributed by atoms with E-state index in [1.54, 1.807) is 25.1 Å². The molecule has 108 valence electrons. The Labute approximate surface area is 119 Å². The summed E-state index contributed by atoms with van der Waals surface area (Å²) in [6, 6.07) is 5.18. The van der Waals surface area contributed by atoms with Crippen LogP contribution in [0.15, 0.2) is 22.6 Å². The van der Waals surface area contributed by atoms with Gasteiger partial charge in [-0.3, -0.25) is 0 Å². The first kappa shape index (κ1) is 13.7. The number of fused-ring (bicyclic) bond motifs is 1. The molecular weight excluding hydrogens is 282 g/mol. The summed E-state index contributed by atoms with van der Waals surface area (Å²) in [6.45, 7) is 1.76.